The lowest BCUT2D eigenvalue weighted by atomic mass is 9.75. The fraction of sp³-hybridized carbons (Fsp3) is 0.348. The number of benzene rings is 2. The quantitative estimate of drug-likeness (QED) is 0.413. The second kappa shape index (κ2) is 6.61. The van der Waals surface area contributed by atoms with Crippen molar-refractivity contribution in [3.8, 4) is 0 Å². The van der Waals surface area contributed by atoms with Crippen LogP contribution in [-0.4, -0.2) is 40.1 Å². The third-order valence-electron chi connectivity index (χ3n) is 7.60. The minimum Gasteiger partial charge on any atom is -0.324 e. The highest BCUT2D eigenvalue weighted by Crippen LogP contribution is 2.61. The number of fused-ring (bicyclic) bond motifs is 7. The van der Waals surface area contributed by atoms with Crippen molar-refractivity contribution in [2.75, 3.05) is 16.8 Å². The van der Waals surface area contributed by atoms with Gasteiger partial charge in [0.05, 0.1) is 22.4 Å². The van der Waals surface area contributed by atoms with E-state index in [2.05, 4.69) is 5.32 Å². The first-order valence-electron chi connectivity index (χ1n) is 10.8. The van der Waals surface area contributed by atoms with Gasteiger partial charge in [-0.25, -0.2) is 4.90 Å². The molecular formula is C23H19ClN4O5. The number of carbonyl (C=O) groups excluding carboxylic acids is 3. The van der Waals surface area contributed by atoms with Gasteiger partial charge in [-0.1, -0.05) is 17.7 Å². The van der Waals surface area contributed by atoms with Crippen LogP contribution in [-0.2, 0) is 19.9 Å². The lowest BCUT2D eigenvalue weighted by Crippen LogP contribution is -2.54. The molecule has 0 aliphatic carbocycles. The van der Waals surface area contributed by atoms with Crippen molar-refractivity contribution < 1.29 is 19.3 Å². The molecule has 10 heteroatoms. The van der Waals surface area contributed by atoms with Gasteiger partial charge in [-0.15, -0.1) is 0 Å². The predicted octanol–water partition coefficient (Wildman–Crippen LogP) is 2.99. The van der Waals surface area contributed by atoms with Gasteiger partial charge in [0, 0.05) is 33.9 Å². The number of imide groups is 1. The van der Waals surface area contributed by atoms with E-state index in [1.165, 1.54) is 18.2 Å². The number of nitrogens with zero attached hydrogens (tertiary/aromatic N) is 3. The smallest absolute Gasteiger partial charge is 0.274 e. The second-order valence-corrected chi connectivity index (χ2v) is 9.49. The van der Waals surface area contributed by atoms with Crippen LogP contribution in [0.2, 0.25) is 5.02 Å². The van der Waals surface area contributed by atoms with Crippen LogP contribution < -0.4 is 10.2 Å². The summed E-state index contributed by atoms with van der Waals surface area (Å²) in [6.45, 7) is 2.19. The molecule has 4 atom stereocenters. The lowest BCUT2D eigenvalue weighted by molar-refractivity contribution is -0.385. The summed E-state index contributed by atoms with van der Waals surface area (Å²) >= 11 is 6.29. The maximum atomic E-state index is 13.9. The average Bonchev–Trinajstić information content (AvgIpc) is 3.47. The zero-order chi connectivity index (χ0) is 23.2. The van der Waals surface area contributed by atoms with Gasteiger partial charge in [-0.05, 0) is 50.6 Å². The zero-order valence-electron chi connectivity index (χ0n) is 17.6. The molecule has 168 valence electrons. The molecule has 9 nitrogen and oxygen atoms in total. The Hall–Kier alpha value is -3.30. The van der Waals surface area contributed by atoms with Crippen LogP contribution in [0.1, 0.15) is 24.0 Å². The number of halogens is 1. The van der Waals surface area contributed by atoms with E-state index in [0.717, 1.165) is 11.3 Å². The summed E-state index contributed by atoms with van der Waals surface area (Å²) in [5.74, 6) is -2.91. The Labute approximate surface area is 193 Å². The molecule has 2 aromatic carbocycles. The number of hydrogen-bond acceptors (Lipinski definition) is 6. The molecular weight excluding hydrogens is 448 g/mol. The van der Waals surface area contributed by atoms with Crippen molar-refractivity contribution in [2.24, 2.45) is 11.8 Å². The van der Waals surface area contributed by atoms with Crippen molar-refractivity contribution in [3.05, 3.63) is 62.7 Å². The Morgan fingerprint density at radius 2 is 1.94 bits per heavy atom. The van der Waals surface area contributed by atoms with E-state index in [1.807, 2.05) is 4.90 Å². The average molecular weight is 467 g/mol. The first-order chi connectivity index (χ1) is 15.8. The van der Waals surface area contributed by atoms with Crippen LogP contribution in [0.5, 0.6) is 0 Å². The van der Waals surface area contributed by atoms with Crippen LogP contribution in [0, 0.1) is 28.9 Å². The standard InChI is InChI=1S/C23H19ClN4O5/c1-11-4-6-13(10-17(11)28(32)33)27-20(29)18-16-3-2-8-26(16)23(19(18)21(27)30)14-9-12(24)5-7-15(14)25-22(23)31/h4-7,9-10,16,18-19H,2-3,8H2,1H3,(H,25,31)/t16-,18+,19-,23+/m0/s1. The van der Waals surface area contributed by atoms with Crippen molar-refractivity contribution in [3.63, 3.8) is 0 Å². The Morgan fingerprint density at radius 3 is 2.70 bits per heavy atom. The molecule has 3 saturated heterocycles. The number of carbonyl (C=O) groups is 3. The first kappa shape index (κ1) is 20.3. The number of rotatable bonds is 2. The summed E-state index contributed by atoms with van der Waals surface area (Å²) in [5.41, 5.74) is 0.279. The Morgan fingerprint density at radius 1 is 1.15 bits per heavy atom. The molecule has 4 aliphatic heterocycles. The molecule has 1 N–H and O–H groups in total. The van der Waals surface area contributed by atoms with Crippen LogP contribution >= 0.6 is 11.6 Å². The molecule has 0 radical (unpaired) electrons. The Kier molecular flexibility index (Phi) is 4.07. The fourth-order valence-electron chi connectivity index (χ4n) is 6.36. The SMILES string of the molecule is Cc1ccc(N2C(=O)[C@H]3[C@@H](C2=O)[C@]2(C(=O)Nc4ccc(Cl)cc42)N2CCC[C@@H]32)cc1[N+](=O)[O-]. The second-order valence-electron chi connectivity index (χ2n) is 9.06. The van der Waals surface area contributed by atoms with E-state index in [0.29, 0.717) is 34.8 Å². The number of nitro benzene ring substituents is 1. The highest BCUT2D eigenvalue weighted by Gasteiger charge is 2.74. The number of nitro groups is 1. The molecule has 2 aromatic rings. The van der Waals surface area contributed by atoms with Gasteiger partial charge < -0.3 is 5.32 Å². The topological polar surface area (TPSA) is 113 Å². The maximum Gasteiger partial charge on any atom is 0.274 e. The van der Waals surface area contributed by atoms with Gasteiger partial charge in [0.25, 0.3) is 5.69 Å². The largest absolute Gasteiger partial charge is 0.324 e. The number of hydrogen-bond donors (Lipinski definition) is 1. The molecule has 0 unspecified atom stereocenters. The highest BCUT2D eigenvalue weighted by molar-refractivity contribution is 6.31. The van der Waals surface area contributed by atoms with Crippen molar-refractivity contribution in [2.45, 2.75) is 31.3 Å². The van der Waals surface area contributed by atoms with Crippen molar-refractivity contribution in [1.82, 2.24) is 4.90 Å². The summed E-state index contributed by atoms with van der Waals surface area (Å²) in [6, 6.07) is 9.13. The van der Waals surface area contributed by atoms with Gasteiger partial charge >= 0.3 is 0 Å². The Balaban J connectivity index is 1.54. The third kappa shape index (κ3) is 2.38. The zero-order valence-corrected chi connectivity index (χ0v) is 18.3. The van der Waals surface area contributed by atoms with Gasteiger partial charge in [0.2, 0.25) is 17.7 Å². The van der Waals surface area contributed by atoms with E-state index in [9.17, 15) is 24.5 Å². The van der Waals surface area contributed by atoms with Crippen molar-refractivity contribution >= 4 is 46.4 Å². The van der Waals surface area contributed by atoms with E-state index in [-0.39, 0.29) is 23.3 Å². The normalized spacial score (nSPS) is 30.1. The fourth-order valence-corrected chi connectivity index (χ4v) is 6.54. The number of anilines is 2. The van der Waals surface area contributed by atoms with Crippen LogP contribution in [0.15, 0.2) is 36.4 Å². The molecule has 0 bridgehead atoms. The van der Waals surface area contributed by atoms with Crippen LogP contribution in [0.25, 0.3) is 0 Å². The van der Waals surface area contributed by atoms with Gasteiger partial charge in [-0.2, -0.15) is 0 Å². The van der Waals surface area contributed by atoms with Gasteiger partial charge in [0.1, 0.15) is 5.54 Å². The van der Waals surface area contributed by atoms with Crippen LogP contribution in [0.3, 0.4) is 0 Å². The van der Waals surface area contributed by atoms with Gasteiger partial charge in [0.15, 0.2) is 0 Å². The maximum absolute atomic E-state index is 13.9. The van der Waals surface area contributed by atoms with E-state index in [4.69, 9.17) is 11.6 Å². The number of aryl methyl sites for hydroxylation is 1. The first-order valence-corrected chi connectivity index (χ1v) is 11.2. The molecule has 0 aromatic heterocycles. The summed E-state index contributed by atoms with van der Waals surface area (Å²) in [7, 11) is 0. The molecule has 4 aliphatic rings. The minimum absolute atomic E-state index is 0.154. The van der Waals surface area contributed by atoms with E-state index in [1.54, 1.807) is 25.1 Å². The summed E-state index contributed by atoms with van der Waals surface area (Å²) in [4.78, 5) is 55.1. The summed E-state index contributed by atoms with van der Waals surface area (Å²) in [6.07, 6.45) is 1.49. The van der Waals surface area contributed by atoms with Crippen molar-refractivity contribution in [1.29, 1.82) is 0 Å². The van der Waals surface area contributed by atoms with E-state index < -0.39 is 34.1 Å². The Bertz CT molecular complexity index is 1300. The molecule has 33 heavy (non-hydrogen) atoms. The number of nitrogens with one attached hydrogen (secondary N) is 1. The molecule has 3 fully saturated rings. The molecule has 0 saturated carbocycles. The summed E-state index contributed by atoms with van der Waals surface area (Å²) in [5, 5.41) is 14.8. The summed E-state index contributed by atoms with van der Waals surface area (Å²) < 4.78 is 0. The number of amides is 3. The minimum atomic E-state index is -1.33. The monoisotopic (exact) mass is 466 g/mol. The predicted molar refractivity (Wildman–Crippen MR) is 119 cm³/mol. The molecule has 3 amide bonds. The molecule has 6 rings (SSSR count). The molecule has 1 spiro atoms. The van der Waals surface area contributed by atoms with Gasteiger partial charge in [-0.3, -0.25) is 29.4 Å². The van der Waals surface area contributed by atoms with E-state index >= 15 is 0 Å². The highest BCUT2D eigenvalue weighted by atomic mass is 35.5. The van der Waals surface area contributed by atoms with Crippen LogP contribution in [0.4, 0.5) is 17.1 Å². The third-order valence-corrected chi connectivity index (χ3v) is 7.84. The molecule has 4 heterocycles. The lowest BCUT2D eigenvalue weighted by Gasteiger charge is -2.36.